The fourth-order valence-electron chi connectivity index (χ4n) is 5.26. The maximum atomic E-state index is 6.37. The van der Waals surface area contributed by atoms with Gasteiger partial charge in [-0.15, -0.1) is 0 Å². The highest BCUT2D eigenvalue weighted by Crippen LogP contribution is 2.39. The third-order valence-electron chi connectivity index (χ3n) is 7.28. The zero-order valence-electron chi connectivity index (χ0n) is 18.7. The van der Waals surface area contributed by atoms with Crippen molar-refractivity contribution in [1.82, 2.24) is 5.32 Å². The van der Waals surface area contributed by atoms with E-state index in [1.807, 2.05) is 0 Å². The molecule has 0 unspecified atom stereocenters. The molecule has 2 aliphatic rings. The van der Waals surface area contributed by atoms with Crippen LogP contribution in [0.5, 0.6) is 5.75 Å². The van der Waals surface area contributed by atoms with Crippen LogP contribution in [0.2, 0.25) is 0 Å². The molecule has 4 rings (SSSR count). The van der Waals surface area contributed by atoms with Crippen molar-refractivity contribution in [3.8, 4) is 5.75 Å². The van der Waals surface area contributed by atoms with Crippen LogP contribution in [0.1, 0.15) is 84.1 Å². The van der Waals surface area contributed by atoms with Crippen LogP contribution in [0.15, 0.2) is 36.4 Å². The molecule has 2 heteroatoms. The van der Waals surface area contributed by atoms with Gasteiger partial charge in [-0.05, 0) is 84.4 Å². The lowest BCUT2D eigenvalue weighted by molar-refractivity contribution is 0.0883. The fraction of sp³-hybridized carbons (Fsp3) is 0.630. The van der Waals surface area contributed by atoms with Gasteiger partial charge in [-0.3, -0.25) is 0 Å². The molecule has 0 amide bonds. The molecular formula is C27H39NO. The topological polar surface area (TPSA) is 21.3 Å². The van der Waals surface area contributed by atoms with Gasteiger partial charge < -0.3 is 10.1 Å². The Morgan fingerprint density at radius 2 is 1.52 bits per heavy atom. The Morgan fingerprint density at radius 3 is 2.24 bits per heavy atom. The maximum absolute atomic E-state index is 6.37. The van der Waals surface area contributed by atoms with E-state index in [1.165, 1.54) is 74.1 Å². The average molecular weight is 394 g/mol. The molecule has 2 aromatic carbocycles. The highest BCUT2D eigenvalue weighted by atomic mass is 16.5. The van der Waals surface area contributed by atoms with Crippen molar-refractivity contribution in [3.05, 3.63) is 42.0 Å². The van der Waals surface area contributed by atoms with E-state index in [1.54, 1.807) is 0 Å². The van der Waals surface area contributed by atoms with Crippen LogP contribution in [0.3, 0.4) is 0 Å². The Balaban J connectivity index is 1.33. The average Bonchev–Trinajstić information content (AvgIpc) is 2.73. The molecule has 0 bridgehead atoms. The fourth-order valence-corrected chi connectivity index (χ4v) is 5.26. The molecule has 29 heavy (non-hydrogen) atoms. The highest BCUT2D eigenvalue weighted by Gasteiger charge is 2.30. The third kappa shape index (κ3) is 5.54. The van der Waals surface area contributed by atoms with Crippen LogP contribution in [0.4, 0.5) is 0 Å². The second-order valence-electron chi connectivity index (χ2n) is 10.5. The van der Waals surface area contributed by atoms with Crippen molar-refractivity contribution in [2.24, 2.45) is 11.3 Å². The molecule has 1 N–H and O–H groups in total. The predicted molar refractivity (Wildman–Crippen MR) is 123 cm³/mol. The Hall–Kier alpha value is -1.54. The van der Waals surface area contributed by atoms with E-state index in [0.29, 0.717) is 17.6 Å². The van der Waals surface area contributed by atoms with Crippen molar-refractivity contribution < 1.29 is 4.74 Å². The minimum Gasteiger partial charge on any atom is -0.490 e. The molecule has 2 nitrogen and oxygen atoms in total. The largest absolute Gasteiger partial charge is 0.490 e. The summed E-state index contributed by atoms with van der Waals surface area (Å²) in [6.07, 6.45) is 12.2. The van der Waals surface area contributed by atoms with Crippen molar-refractivity contribution in [1.29, 1.82) is 0 Å². The van der Waals surface area contributed by atoms with Crippen LogP contribution >= 0.6 is 0 Å². The van der Waals surface area contributed by atoms with Crippen LogP contribution in [-0.4, -0.2) is 12.1 Å². The van der Waals surface area contributed by atoms with E-state index >= 15 is 0 Å². The van der Waals surface area contributed by atoms with Crippen LogP contribution < -0.4 is 10.1 Å². The number of fused-ring (bicyclic) bond motifs is 1. The standard InChI is InChI=1S/C27H39NO/c1-27(2,3)23-12-15-25(16-13-23)29-26-14-11-21-17-20(9-10-22(21)18-26)19-28-24-7-5-4-6-8-24/h9-11,14,17-18,23-25,28H,4-8,12-13,15-16,19H2,1-3H3/t23-,25-. The number of benzene rings is 2. The second-order valence-corrected chi connectivity index (χ2v) is 10.5. The molecule has 0 aromatic heterocycles. The molecule has 0 spiro atoms. The van der Waals surface area contributed by atoms with Gasteiger partial charge in [0.05, 0.1) is 6.10 Å². The predicted octanol–water partition coefficient (Wildman–Crippen LogP) is 7.25. The van der Waals surface area contributed by atoms with Crippen molar-refractivity contribution in [2.75, 3.05) is 0 Å². The lowest BCUT2D eigenvalue weighted by Crippen LogP contribution is -2.30. The molecule has 158 valence electrons. The molecule has 0 aliphatic heterocycles. The zero-order valence-corrected chi connectivity index (χ0v) is 18.7. The summed E-state index contributed by atoms with van der Waals surface area (Å²) in [5.41, 5.74) is 1.81. The summed E-state index contributed by atoms with van der Waals surface area (Å²) >= 11 is 0. The van der Waals surface area contributed by atoms with Gasteiger partial charge in [-0.2, -0.15) is 0 Å². The first kappa shape index (κ1) is 20.7. The van der Waals surface area contributed by atoms with Gasteiger partial charge in [0.15, 0.2) is 0 Å². The molecule has 0 atom stereocenters. The van der Waals surface area contributed by atoms with E-state index in [0.717, 1.165) is 18.2 Å². The summed E-state index contributed by atoms with van der Waals surface area (Å²) in [6.45, 7) is 8.11. The second kappa shape index (κ2) is 9.08. The summed E-state index contributed by atoms with van der Waals surface area (Å²) in [5, 5.41) is 6.36. The maximum Gasteiger partial charge on any atom is 0.120 e. The molecular weight excluding hydrogens is 354 g/mol. The monoisotopic (exact) mass is 393 g/mol. The number of rotatable bonds is 5. The quantitative estimate of drug-likeness (QED) is 0.578. The normalized spacial score (nSPS) is 24.0. The zero-order chi connectivity index (χ0) is 20.3. The van der Waals surface area contributed by atoms with Gasteiger partial charge in [-0.25, -0.2) is 0 Å². The van der Waals surface area contributed by atoms with Gasteiger partial charge in [0, 0.05) is 12.6 Å². The Labute approximate surface area is 177 Å². The van der Waals surface area contributed by atoms with Crippen molar-refractivity contribution in [3.63, 3.8) is 0 Å². The van der Waals surface area contributed by atoms with E-state index in [4.69, 9.17) is 4.74 Å². The van der Waals surface area contributed by atoms with Crippen LogP contribution in [0.25, 0.3) is 10.8 Å². The molecule has 0 saturated heterocycles. The smallest absolute Gasteiger partial charge is 0.120 e. The van der Waals surface area contributed by atoms with Gasteiger partial charge >= 0.3 is 0 Å². The third-order valence-corrected chi connectivity index (χ3v) is 7.28. The molecule has 2 aliphatic carbocycles. The van der Waals surface area contributed by atoms with Gasteiger partial charge in [0.1, 0.15) is 5.75 Å². The number of hydrogen-bond donors (Lipinski definition) is 1. The molecule has 2 fully saturated rings. The Morgan fingerprint density at radius 1 is 0.828 bits per heavy atom. The Bertz CT molecular complexity index is 792. The van der Waals surface area contributed by atoms with E-state index < -0.39 is 0 Å². The van der Waals surface area contributed by atoms with E-state index in [2.05, 4.69) is 62.5 Å². The summed E-state index contributed by atoms with van der Waals surface area (Å²) in [4.78, 5) is 0. The van der Waals surface area contributed by atoms with E-state index in [9.17, 15) is 0 Å². The van der Waals surface area contributed by atoms with Gasteiger partial charge in [-0.1, -0.05) is 58.2 Å². The van der Waals surface area contributed by atoms with Gasteiger partial charge in [0.25, 0.3) is 0 Å². The first-order chi connectivity index (χ1) is 14.0. The number of ether oxygens (including phenoxy) is 1. The summed E-state index contributed by atoms with van der Waals surface area (Å²) < 4.78 is 6.37. The lowest BCUT2D eigenvalue weighted by Gasteiger charge is -2.37. The van der Waals surface area contributed by atoms with Crippen LogP contribution in [-0.2, 0) is 6.54 Å². The first-order valence-corrected chi connectivity index (χ1v) is 11.9. The van der Waals surface area contributed by atoms with Gasteiger partial charge in [0.2, 0.25) is 0 Å². The minimum absolute atomic E-state index is 0.380. The molecule has 0 radical (unpaired) electrons. The summed E-state index contributed by atoms with van der Waals surface area (Å²) in [6, 6.07) is 14.2. The first-order valence-electron chi connectivity index (χ1n) is 11.9. The summed E-state index contributed by atoms with van der Waals surface area (Å²) in [7, 11) is 0. The molecule has 2 saturated carbocycles. The van der Waals surface area contributed by atoms with Crippen LogP contribution in [0, 0.1) is 11.3 Å². The Kier molecular flexibility index (Phi) is 6.49. The molecule has 0 heterocycles. The SMILES string of the molecule is CC(C)(C)[C@H]1CC[C@H](Oc2ccc3cc(CNC4CCCCC4)ccc3c2)CC1. The molecule has 2 aromatic rings. The summed E-state index contributed by atoms with van der Waals surface area (Å²) in [5.74, 6) is 1.87. The lowest BCUT2D eigenvalue weighted by atomic mass is 9.72. The number of hydrogen-bond acceptors (Lipinski definition) is 2. The van der Waals surface area contributed by atoms with Crippen molar-refractivity contribution in [2.45, 2.75) is 97.2 Å². The number of nitrogens with one attached hydrogen (secondary N) is 1. The highest BCUT2D eigenvalue weighted by molar-refractivity contribution is 5.84. The van der Waals surface area contributed by atoms with E-state index in [-0.39, 0.29) is 0 Å². The van der Waals surface area contributed by atoms with Crippen molar-refractivity contribution >= 4 is 10.8 Å². The minimum atomic E-state index is 0.380.